The fourth-order valence-corrected chi connectivity index (χ4v) is 5.92. The van der Waals surface area contributed by atoms with Crippen molar-refractivity contribution >= 4 is 31.6 Å². The van der Waals surface area contributed by atoms with Crippen molar-refractivity contribution in [3.63, 3.8) is 0 Å². The molecule has 2 aromatic carbocycles. The van der Waals surface area contributed by atoms with Crippen LogP contribution in [0.3, 0.4) is 0 Å². The van der Waals surface area contributed by atoms with Gasteiger partial charge in [-0.25, -0.2) is 17.2 Å². The normalized spacial score (nSPS) is 16.1. The van der Waals surface area contributed by atoms with Crippen LogP contribution in [0.2, 0.25) is 0 Å². The van der Waals surface area contributed by atoms with Crippen LogP contribution in [0.15, 0.2) is 41.3 Å². The highest BCUT2D eigenvalue weighted by Crippen LogP contribution is 2.33. The summed E-state index contributed by atoms with van der Waals surface area (Å²) in [5.74, 6) is -1.06. The van der Waals surface area contributed by atoms with Gasteiger partial charge in [-0.2, -0.15) is 9.29 Å². The van der Waals surface area contributed by atoms with Gasteiger partial charge in [-0.1, -0.05) is 23.5 Å². The molecule has 1 aromatic heterocycles. The molecule has 1 aliphatic heterocycles. The highest BCUT2D eigenvalue weighted by atomic mass is 32.2. The first-order chi connectivity index (χ1) is 14.4. The molecule has 6 nitrogen and oxygen atoms in total. The Balaban J connectivity index is 1.45. The molecule has 0 spiro atoms. The maximum Gasteiger partial charge on any atom is 0.274 e. The third-order valence-electron chi connectivity index (χ3n) is 4.83. The number of rotatable bonds is 6. The number of aromatic nitrogens is 1. The lowest BCUT2D eigenvalue weighted by atomic mass is 10.1. The first-order valence-corrected chi connectivity index (χ1v) is 11.8. The second-order valence-electron chi connectivity index (χ2n) is 6.82. The Hall–Kier alpha value is -2.30. The molecule has 30 heavy (non-hydrogen) atoms. The molecular formula is C20H20F2N2O4S2. The zero-order valence-electron chi connectivity index (χ0n) is 16.2. The molecule has 0 bridgehead atoms. The lowest BCUT2D eigenvalue weighted by Gasteiger charge is -2.31. The van der Waals surface area contributed by atoms with Crippen molar-refractivity contribution in [1.29, 1.82) is 0 Å². The number of sulfonamides is 1. The first-order valence-electron chi connectivity index (χ1n) is 9.52. The minimum absolute atomic E-state index is 0.0731. The first kappa shape index (κ1) is 21.0. The summed E-state index contributed by atoms with van der Waals surface area (Å²) >= 11 is 1.07. The number of benzene rings is 2. The summed E-state index contributed by atoms with van der Waals surface area (Å²) in [5.41, 5.74) is 0.0731. The summed E-state index contributed by atoms with van der Waals surface area (Å²) in [6.07, 6.45) is 0.665. The van der Waals surface area contributed by atoms with Gasteiger partial charge >= 0.3 is 0 Å². The Bertz CT molecular complexity index is 1160. The molecule has 1 saturated heterocycles. The van der Waals surface area contributed by atoms with E-state index in [9.17, 15) is 17.2 Å². The monoisotopic (exact) mass is 454 g/mol. The Morgan fingerprint density at radius 3 is 2.67 bits per heavy atom. The zero-order valence-corrected chi connectivity index (χ0v) is 17.8. The molecular weight excluding hydrogens is 434 g/mol. The van der Waals surface area contributed by atoms with Crippen molar-refractivity contribution in [2.24, 2.45) is 0 Å². The van der Waals surface area contributed by atoms with Crippen LogP contribution in [0, 0.1) is 11.6 Å². The third-order valence-corrected chi connectivity index (χ3v) is 7.66. The topological polar surface area (TPSA) is 68.7 Å². The molecule has 0 amide bonds. The summed E-state index contributed by atoms with van der Waals surface area (Å²) in [6.45, 7) is 2.73. The molecule has 4 rings (SSSR count). The van der Waals surface area contributed by atoms with Crippen LogP contribution in [-0.2, 0) is 10.0 Å². The van der Waals surface area contributed by atoms with Gasteiger partial charge in [0.1, 0.15) is 28.1 Å². The van der Waals surface area contributed by atoms with Crippen LogP contribution >= 0.6 is 11.3 Å². The number of hydrogen-bond acceptors (Lipinski definition) is 6. The van der Waals surface area contributed by atoms with Gasteiger partial charge in [-0.15, -0.1) is 0 Å². The van der Waals surface area contributed by atoms with E-state index in [4.69, 9.17) is 9.47 Å². The van der Waals surface area contributed by atoms with Gasteiger partial charge in [0.2, 0.25) is 10.0 Å². The molecule has 1 fully saturated rings. The highest BCUT2D eigenvalue weighted by Gasteiger charge is 2.32. The second-order valence-corrected chi connectivity index (χ2v) is 9.71. The summed E-state index contributed by atoms with van der Waals surface area (Å²) in [5, 5.41) is 0.248. The van der Waals surface area contributed by atoms with Crippen molar-refractivity contribution in [3.05, 3.63) is 48.0 Å². The van der Waals surface area contributed by atoms with Gasteiger partial charge in [-0.3, -0.25) is 0 Å². The smallest absolute Gasteiger partial charge is 0.274 e. The summed E-state index contributed by atoms with van der Waals surface area (Å²) in [6, 6.07) is 8.58. The molecule has 0 atom stereocenters. The predicted octanol–water partition coefficient (Wildman–Crippen LogP) is 4.21. The van der Waals surface area contributed by atoms with Gasteiger partial charge in [0.25, 0.3) is 5.19 Å². The number of halogens is 2. The van der Waals surface area contributed by atoms with E-state index < -0.39 is 21.7 Å². The Labute approximate surface area is 177 Å². The van der Waals surface area contributed by atoms with Crippen molar-refractivity contribution in [2.45, 2.75) is 30.8 Å². The fourth-order valence-electron chi connectivity index (χ4n) is 3.40. The van der Waals surface area contributed by atoms with Crippen molar-refractivity contribution in [3.8, 4) is 10.9 Å². The average molecular weight is 455 g/mol. The third kappa shape index (κ3) is 4.12. The van der Waals surface area contributed by atoms with Crippen LogP contribution in [0.5, 0.6) is 10.9 Å². The Morgan fingerprint density at radius 2 is 1.93 bits per heavy atom. The van der Waals surface area contributed by atoms with Gasteiger partial charge in [0.05, 0.1) is 11.3 Å². The van der Waals surface area contributed by atoms with Crippen molar-refractivity contribution in [1.82, 2.24) is 9.29 Å². The summed E-state index contributed by atoms with van der Waals surface area (Å²) < 4.78 is 66.4. The lowest BCUT2D eigenvalue weighted by molar-refractivity contribution is 0.135. The van der Waals surface area contributed by atoms with E-state index >= 15 is 0 Å². The minimum atomic E-state index is -3.69. The van der Waals surface area contributed by atoms with Gasteiger partial charge < -0.3 is 9.47 Å². The number of piperidine rings is 1. The number of hydrogen-bond donors (Lipinski definition) is 0. The summed E-state index contributed by atoms with van der Waals surface area (Å²) in [4.78, 5) is 4.25. The molecule has 0 saturated carbocycles. The van der Waals surface area contributed by atoms with E-state index in [0.717, 1.165) is 17.4 Å². The van der Waals surface area contributed by atoms with Crippen molar-refractivity contribution < 1.29 is 26.7 Å². The molecule has 3 aromatic rings. The molecule has 10 heteroatoms. The van der Waals surface area contributed by atoms with Gasteiger partial charge in [-0.05, 0) is 38.0 Å². The van der Waals surface area contributed by atoms with E-state index in [0.29, 0.717) is 29.9 Å². The maximum atomic E-state index is 13.8. The van der Waals surface area contributed by atoms with Gasteiger partial charge in [0.15, 0.2) is 5.82 Å². The lowest BCUT2D eigenvalue weighted by Crippen LogP contribution is -2.41. The average Bonchev–Trinajstić information content (AvgIpc) is 3.11. The van der Waals surface area contributed by atoms with E-state index in [-0.39, 0.29) is 34.8 Å². The quantitative estimate of drug-likeness (QED) is 0.558. The zero-order chi connectivity index (χ0) is 21.3. The Morgan fingerprint density at radius 1 is 1.20 bits per heavy atom. The summed E-state index contributed by atoms with van der Waals surface area (Å²) in [7, 11) is -3.69. The van der Waals surface area contributed by atoms with Crippen LogP contribution in [-0.4, -0.2) is 43.5 Å². The van der Waals surface area contributed by atoms with Crippen LogP contribution < -0.4 is 9.47 Å². The standard InChI is InChI=1S/C20H20F2N2O4S2/c1-2-27-16-5-3-4-6-18(16)30(25,26)24-9-7-14(8-10-24)28-20-23-19-15(22)11-13(21)12-17(19)29-20/h3-6,11-12,14H,2,7-10H2,1H3. The number of nitrogens with zero attached hydrogens (tertiary/aromatic N) is 2. The maximum absolute atomic E-state index is 13.8. The largest absolute Gasteiger partial charge is 0.492 e. The number of ether oxygens (including phenoxy) is 2. The predicted molar refractivity (Wildman–Crippen MR) is 110 cm³/mol. The molecule has 0 radical (unpaired) electrons. The molecule has 2 heterocycles. The molecule has 1 aliphatic rings. The minimum Gasteiger partial charge on any atom is -0.492 e. The van der Waals surface area contributed by atoms with Crippen LogP contribution in [0.25, 0.3) is 10.2 Å². The van der Waals surface area contributed by atoms with E-state index in [1.54, 1.807) is 25.1 Å². The molecule has 0 unspecified atom stereocenters. The number of para-hydroxylation sites is 1. The highest BCUT2D eigenvalue weighted by molar-refractivity contribution is 7.89. The number of thiazole rings is 1. The van der Waals surface area contributed by atoms with Gasteiger partial charge in [0, 0.05) is 19.2 Å². The molecule has 0 N–H and O–H groups in total. The molecule has 160 valence electrons. The van der Waals surface area contributed by atoms with E-state index in [1.807, 2.05) is 0 Å². The fraction of sp³-hybridized carbons (Fsp3) is 0.350. The van der Waals surface area contributed by atoms with E-state index in [1.165, 1.54) is 16.4 Å². The van der Waals surface area contributed by atoms with Crippen LogP contribution in [0.4, 0.5) is 8.78 Å². The Kier molecular flexibility index (Phi) is 5.90. The second kappa shape index (κ2) is 8.44. The number of fused-ring (bicyclic) bond motifs is 1. The molecule has 0 aliphatic carbocycles. The van der Waals surface area contributed by atoms with Crippen LogP contribution in [0.1, 0.15) is 19.8 Å². The van der Waals surface area contributed by atoms with E-state index in [2.05, 4.69) is 4.98 Å². The van der Waals surface area contributed by atoms with Crippen molar-refractivity contribution in [2.75, 3.05) is 19.7 Å². The SMILES string of the molecule is CCOc1ccccc1S(=O)(=O)N1CCC(Oc2nc3c(F)cc(F)cc3s2)CC1.